The molecule has 0 aliphatic heterocycles. The molecule has 1 fully saturated rings. The smallest absolute Gasteiger partial charge is 0.338 e. The Morgan fingerprint density at radius 1 is 1.15 bits per heavy atom. The first kappa shape index (κ1) is 22.0. The second kappa shape index (κ2) is 8.53. The zero-order chi connectivity index (χ0) is 24.0. The number of esters is 1. The molecule has 9 heteroatoms. The van der Waals surface area contributed by atoms with E-state index in [1.165, 1.54) is 23.8 Å². The van der Waals surface area contributed by atoms with Crippen LogP contribution in [0, 0.1) is 5.82 Å². The summed E-state index contributed by atoms with van der Waals surface area (Å²) in [4.78, 5) is 44.7. The van der Waals surface area contributed by atoms with Crippen molar-refractivity contribution in [2.75, 3.05) is 7.11 Å². The number of carbonyl (C=O) groups excluding carboxylic acids is 1. The summed E-state index contributed by atoms with van der Waals surface area (Å²) in [5.41, 5.74) is 0.269. The molecule has 2 heterocycles. The van der Waals surface area contributed by atoms with Crippen LogP contribution in [0.5, 0.6) is 0 Å². The standard InChI is InChI=1S/C25H19ClFN3O4/c1-34-24(32)18-12-20(14-7-8-14)28-22-21(18)23(31)29(13-15-9-10-16(27)11-19(15)26)25(33)30(22)17-5-3-2-4-6-17/h2-6,9-12,14H,7-8,13H2,1H3. The minimum atomic E-state index is -0.706. The van der Waals surface area contributed by atoms with Gasteiger partial charge in [0, 0.05) is 16.6 Å². The first-order valence-corrected chi connectivity index (χ1v) is 11.0. The van der Waals surface area contributed by atoms with Crippen LogP contribution in [-0.2, 0) is 11.3 Å². The number of hydrogen-bond donors (Lipinski definition) is 0. The van der Waals surface area contributed by atoms with Crippen molar-refractivity contribution in [1.82, 2.24) is 14.1 Å². The van der Waals surface area contributed by atoms with Gasteiger partial charge in [0.05, 0.1) is 30.3 Å². The van der Waals surface area contributed by atoms with Crippen molar-refractivity contribution in [3.8, 4) is 5.69 Å². The van der Waals surface area contributed by atoms with Gasteiger partial charge in [0.2, 0.25) is 0 Å². The molecule has 0 spiro atoms. The summed E-state index contributed by atoms with van der Waals surface area (Å²) in [6.07, 6.45) is 1.82. The van der Waals surface area contributed by atoms with Crippen molar-refractivity contribution in [3.05, 3.63) is 103 Å². The van der Waals surface area contributed by atoms with E-state index in [-0.39, 0.29) is 34.1 Å². The second-order valence-corrected chi connectivity index (χ2v) is 8.55. The van der Waals surface area contributed by atoms with E-state index < -0.39 is 23.0 Å². The molecule has 0 saturated heterocycles. The Kier molecular flexibility index (Phi) is 5.53. The third-order valence-electron chi connectivity index (χ3n) is 5.87. The summed E-state index contributed by atoms with van der Waals surface area (Å²) < 4.78 is 20.8. The molecule has 5 rings (SSSR count). The molecule has 0 atom stereocenters. The molecular formula is C25H19ClFN3O4. The van der Waals surface area contributed by atoms with E-state index in [4.69, 9.17) is 16.3 Å². The number of hydrogen-bond acceptors (Lipinski definition) is 5. The van der Waals surface area contributed by atoms with Crippen LogP contribution >= 0.6 is 11.6 Å². The van der Waals surface area contributed by atoms with Crippen LogP contribution < -0.4 is 11.2 Å². The molecule has 0 amide bonds. The van der Waals surface area contributed by atoms with Crippen LogP contribution in [0.3, 0.4) is 0 Å². The fourth-order valence-electron chi connectivity index (χ4n) is 3.99. The van der Waals surface area contributed by atoms with Gasteiger partial charge in [-0.15, -0.1) is 0 Å². The molecule has 0 unspecified atom stereocenters. The van der Waals surface area contributed by atoms with Gasteiger partial charge in [-0.3, -0.25) is 9.36 Å². The maximum Gasteiger partial charge on any atom is 0.338 e. The normalized spacial score (nSPS) is 13.3. The summed E-state index contributed by atoms with van der Waals surface area (Å²) >= 11 is 6.18. The van der Waals surface area contributed by atoms with E-state index >= 15 is 0 Å². The lowest BCUT2D eigenvalue weighted by Crippen LogP contribution is -2.41. The van der Waals surface area contributed by atoms with Crippen LogP contribution in [0.25, 0.3) is 16.7 Å². The average Bonchev–Trinajstić information content (AvgIpc) is 3.68. The van der Waals surface area contributed by atoms with E-state index in [0.29, 0.717) is 16.9 Å². The number of methoxy groups -OCH3 is 1. The van der Waals surface area contributed by atoms with Crippen LogP contribution in [-0.4, -0.2) is 27.2 Å². The second-order valence-electron chi connectivity index (χ2n) is 8.14. The highest BCUT2D eigenvalue weighted by Crippen LogP contribution is 2.40. The van der Waals surface area contributed by atoms with E-state index in [1.807, 2.05) is 0 Å². The number of rotatable bonds is 5. The molecule has 0 N–H and O–H groups in total. The van der Waals surface area contributed by atoms with Crippen molar-refractivity contribution < 1.29 is 13.9 Å². The van der Waals surface area contributed by atoms with Crippen LogP contribution in [0.2, 0.25) is 5.02 Å². The van der Waals surface area contributed by atoms with Crippen molar-refractivity contribution in [2.45, 2.75) is 25.3 Å². The van der Waals surface area contributed by atoms with Gasteiger partial charge >= 0.3 is 11.7 Å². The third-order valence-corrected chi connectivity index (χ3v) is 6.22. The highest BCUT2D eigenvalue weighted by Gasteiger charge is 2.30. The predicted molar refractivity (Wildman–Crippen MR) is 125 cm³/mol. The fraction of sp³-hybridized carbons (Fsp3) is 0.200. The summed E-state index contributed by atoms with van der Waals surface area (Å²) in [6.45, 7) is -0.218. The van der Waals surface area contributed by atoms with E-state index in [9.17, 15) is 18.8 Å². The van der Waals surface area contributed by atoms with Crippen molar-refractivity contribution in [2.24, 2.45) is 0 Å². The van der Waals surface area contributed by atoms with Gasteiger partial charge in [0.25, 0.3) is 5.56 Å². The number of benzene rings is 2. The molecule has 1 aliphatic rings. The Morgan fingerprint density at radius 3 is 2.53 bits per heavy atom. The molecular weight excluding hydrogens is 461 g/mol. The Balaban J connectivity index is 1.88. The number of pyridine rings is 1. The van der Waals surface area contributed by atoms with E-state index in [0.717, 1.165) is 23.5 Å². The lowest BCUT2D eigenvalue weighted by atomic mass is 10.1. The Morgan fingerprint density at radius 2 is 1.88 bits per heavy atom. The number of aromatic nitrogens is 3. The molecule has 1 aliphatic carbocycles. The quantitative estimate of drug-likeness (QED) is 0.403. The Hall–Kier alpha value is -3.78. The SMILES string of the molecule is COC(=O)c1cc(C2CC2)nc2c1c(=O)n(Cc1ccc(F)cc1Cl)c(=O)n2-c1ccccc1. The summed E-state index contributed by atoms with van der Waals surface area (Å²) in [7, 11) is 1.23. The maximum atomic E-state index is 13.7. The van der Waals surface area contributed by atoms with Crippen LogP contribution in [0.1, 0.15) is 40.4 Å². The zero-order valence-electron chi connectivity index (χ0n) is 18.1. The number of nitrogens with zero attached hydrogens (tertiary/aromatic N) is 3. The molecule has 172 valence electrons. The molecule has 2 aromatic carbocycles. The highest BCUT2D eigenvalue weighted by molar-refractivity contribution is 6.31. The summed E-state index contributed by atoms with van der Waals surface area (Å²) in [5, 5.41) is 0.0472. The number of fused-ring (bicyclic) bond motifs is 1. The molecule has 0 bridgehead atoms. The van der Waals surface area contributed by atoms with Crippen LogP contribution in [0.15, 0.2) is 64.2 Å². The monoisotopic (exact) mass is 479 g/mol. The lowest BCUT2D eigenvalue weighted by Gasteiger charge is -2.16. The zero-order valence-corrected chi connectivity index (χ0v) is 18.9. The van der Waals surface area contributed by atoms with Crippen molar-refractivity contribution in [1.29, 1.82) is 0 Å². The van der Waals surface area contributed by atoms with Gasteiger partial charge in [0.15, 0.2) is 5.65 Å². The van der Waals surface area contributed by atoms with Gasteiger partial charge in [-0.2, -0.15) is 0 Å². The number of carbonyl (C=O) groups is 1. The fourth-order valence-corrected chi connectivity index (χ4v) is 4.21. The average molecular weight is 480 g/mol. The first-order chi connectivity index (χ1) is 16.4. The Labute approximate surface area is 198 Å². The van der Waals surface area contributed by atoms with Gasteiger partial charge < -0.3 is 4.74 Å². The molecule has 0 radical (unpaired) electrons. The van der Waals surface area contributed by atoms with Gasteiger partial charge in [0.1, 0.15) is 5.82 Å². The third kappa shape index (κ3) is 3.80. The van der Waals surface area contributed by atoms with E-state index in [2.05, 4.69) is 4.98 Å². The molecule has 7 nitrogen and oxygen atoms in total. The van der Waals surface area contributed by atoms with Crippen LogP contribution in [0.4, 0.5) is 4.39 Å². The van der Waals surface area contributed by atoms with Gasteiger partial charge in [-0.25, -0.2) is 23.5 Å². The Bertz CT molecular complexity index is 1560. The minimum Gasteiger partial charge on any atom is -0.465 e. The number of ether oxygens (including phenoxy) is 1. The first-order valence-electron chi connectivity index (χ1n) is 10.7. The maximum absolute atomic E-state index is 13.7. The highest BCUT2D eigenvalue weighted by atomic mass is 35.5. The summed E-state index contributed by atoms with van der Waals surface area (Å²) in [6, 6.07) is 14.0. The summed E-state index contributed by atoms with van der Waals surface area (Å²) in [5.74, 6) is -1.07. The molecule has 1 saturated carbocycles. The molecule has 2 aromatic heterocycles. The topological polar surface area (TPSA) is 83.2 Å². The largest absolute Gasteiger partial charge is 0.465 e. The molecule has 34 heavy (non-hydrogen) atoms. The predicted octanol–water partition coefficient (Wildman–Crippen LogP) is 4.05. The van der Waals surface area contributed by atoms with Crippen molar-refractivity contribution in [3.63, 3.8) is 0 Å². The minimum absolute atomic E-state index is 0.0297. The van der Waals surface area contributed by atoms with Crippen molar-refractivity contribution >= 4 is 28.6 Å². The number of halogens is 2. The van der Waals surface area contributed by atoms with Gasteiger partial charge in [-0.05, 0) is 48.7 Å². The molecule has 4 aromatic rings. The van der Waals surface area contributed by atoms with E-state index in [1.54, 1.807) is 36.4 Å². The van der Waals surface area contributed by atoms with Gasteiger partial charge in [-0.1, -0.05) is 35.9 Å². The lowest BCUT2D eigenvalue weighted by molar-refractivity contribution is 0.0602. The number of para-hydroxylation sites is 1.